The molecule has 0 heterocycles. The highest BCUT2D eigenvalue weighted by atomic mass is 32.2. The average molecular weight is 495 g/mol. The minimum Gasteiger partial charge on any atom is -0.282 e. The smallest absolute Gasteiger partial charge is 0.277 e. The average Bonchev–Trinajstić information content (AvgIpc) is 2.91. The van der Waals surface area contributed by atoms with Crippen LogP contribution in [0.15, 0.2) is 91.0 Å². The molecule has 0 saturated carbocycles. The Balaban J connectivity index is 1.48. The van der Waals surface area contributed by atoms with E-state index in [1.165, 1.54) is 16.7 Å². The van der Waals surface area contributed by atoms with Gasteiger partial charge in [-0.25, -0.2) is 0 Å². The largest absolute Gasteiger partial charge is 0.282 e. The van der Waals surface area contributed by atoms with Gasteiger partial charge in [-0.2, -0.15) is 0 Å². The highest BCUT2D eigenvalue weighted by Gasteiger charge is 2.51. The number of thioether (sulfide) groups is 1. The van der Waals surface area contributed by atoms with E-state index in [4.69, 9.17) is 0 Å². The molecule has 0 unspecified atom stereocenters. The zero-order chi connectivity index (χ0) is 25.0. The van der Waals surface area contributed by atoms with Crippen molar-refractivity contribution in [3.05, 3.63) is 150 Å². The summed E-state index contributed by atoms with van der Waals surface area (Å²) >= 11 is 1.03. The molecular formula is C28H18N2O5S. The summed E-state index contributed by atoms with van der Waals surface area (Å²) in [6.07, 6.45) is 0. The van der Waals surface area contributed by atoms with Gasteiger partial charge < -0.3 is 0 Å². The number of hydrogen-bond acceptors (Lipinski definition) is 6. The molecule has 0 N–H and O–H groups in total. The predicted octanol–water partition coefficient (Wildman–Crippen LogP) is 6.22. The first-order chi connectivity index (χ1) is 17.4. The molecule has 0 radical (unpaired) electrons. The maximum absolute atomic E-state index is 13.4. The lowest BCUT2D eigenvalue weighted by molar-refractivity contribution is -0.394. The molecule has 0 atom stereocenters. The van der Waals surface area contributed by atoms with Crippen molar-refractivity contribution in [2.24, 2.45) is 0 Å². The van der Waals surface area contributed by atoms with Crippen molar-refractivity contribution < 1.29 is 14.6 Å². The number of benzene rings is 4. The number of carbonyl (C=O) groups is 1. The molecule has 0 fully saturated rings. The van der Waals surface area contributed by atoms with Crippen molar-refractivity contribution >= 4 is 28.3 Å². The Morgan fingerprint density at radius 1 is 0.722 bits per heavy atom. The van der Waals surface area contributed by atoms with Crippen molar-refractivity contribution in [3.63, 3.8) is 0 Å². The van der Waals surface area contributed by atoms with E-state index >= 15 is 0 Å². The first-order valence-electron chi connectivity index (χ1n) is 11.3. The Kier molecular flexibility index (Phi) is 5.01. The topological polar surface area (TPSA) is 103 Å². The fraction of sp³-hybridized carbons (Fsp3) is 0.107. The van der Waals surface area contributed by atoms with E-state index in [-0.39, 0.29) is 11.5 Å². The fourth-order valence-electron chi connectivity index (χ4n) is 5.76. The number of nitro groups is 2. The molecule has 3 aliphatic rings. The van der Waals surface area contributed by atoms with Gasteiger partial charge in [-0.3, -0.25) is 25.0 Å². The third kappa shape index (κ3) is 3.11. The van der Waals surface area contributed by atoms with Crippen molar-refractivity contribution in [2.75, 3.05) is 5.75 Å². The molecule has 3 aliphatic carbocycles. The summed E-state index contributed by atoms with van der Waals surface area (Å²) in [6, 6.07) is 27.9. The summed E-state index contributed by atoms with van der Waals surface area (Å²) in [4.78, 5) is 34.6. The van der Waals surface area contributed by atoms with E-state index in [2.05, 4.69) is 36.4 Å². The van der Waals surface area contributed by atoms with Gasteiger partial charge in [0.2, 0.25) is 5.12 Å². The molecule has 0 amide bonds. The van der Waals surface area contributed by atoms with E-state index in [0.29, 0.717) is 5.75 Å². The van der Waals surface area contributed by atoms with Crippen LogP contribution < -0.4 is 0 Å². The SMILES string of the molecule is O=C(SCC12c3ccccc3C(c3ccccc31)c1ccccc12)c1cc([N+](=O)[O-])cc([N+](=O)[O-])c1. The van der Waals surface area contributed by atoms with Gasteiger partial charge in [0.1, 0.15) is 0 Å². The van der Waals surface area contributed by atoms with Gasteiger partial charge in [-0.05, 0) is 33.4 Å². The number of non-ortho nitro benzene ring substituents is 2. The molecule has 2 bridgehead atoms. The maximum atomic E-state index is 13.4. The molecule has 8 heteroatoms. The predicted molar refractivity (Wildman–Crippen MR) is 137 cm³/mol. The molecule has 0 aromatic heterocycles. The maximum Gasteiger partial charge on any atom is 0.277 e. The molecular weight excluding hydrogens is 476 g/mol. The van der Waals surface area contributed by atoms with E-state index in [0.717, 1.165) is 46.7 Å². The monoisotopic (exact) mass is 494 g/mol. The number of hydrogen-bond donors (Lipinski definition) is 0. The van der Waals surface area contributed by atoms with Crippen molar-refractivity contribution in [1.29, 1.82) is 0 Å². The third-order valence-corrected chi connectivity index (χ3v) is 8.25. The van der Waals surface area contributed by atoms with Crippen LogP contribution in [0.3, 0.4) is 0 Å². The Hall–Kier alpha value is -4.30. The highest BCUT2D eigenvalue weighted by Crippen LogP contribution is 2.59. The standard InChI is InChI=1S/C28H18N2O5S/c31-27(17-13-18(29(32)33)15-19(14-17)30(34)35)36-16-28-23-10-4-1-7-20(23)26(21-8-2-5-11-24(21)28)22-9-3-6-12-25(22)28/h1-15,26H,16H2. The van der Waals surface area contributed by atoms with Crippen LogP contribution in [-0.2, 0) is 5.41 Å². The Morgan fingerprint density at radius 3 is 1.56 bits per heavy atom. The first-order valence-corrected chi connectivity index (χ1v) is 12.3. The minimum absolute atomic E-state index is 0.0587. The zero-order valence-corrected chi connectivity index (χ0v) is 19.6. The second-order valence-corrected chi connectivity index (χ2v) is 9.88. The van der Waals surface area contributed by atoms with Crippen LogP contribution >= 0.6 is 11.8 Å². The van der Waals surface area contributed by atoms with Crippen molar-refractivity contribution in [1.82, 2.24) is 0 Å². The Bertz CT molecular complexity index is 1450. The van der Waals surface area contributed by atoms with Crippen LogP contribution in [-0.4, -0.2) is 20.7 Å². The van der Waals surface area contributed by atoms with E-state index in [1.54, 1.807) is 0 Å². The lowest BCUT2D eigenvalue weighted by atomic mass is 9.54. The van der Waals surface area contributed by atoms with Crippen LogP contribution in [0.2, 0.25) is 0 Å². The molecule has 7 nitrogen and oxygen atoms in total. The van der Waals surface area contributed by atoms with Gasteiger partial charge in [0, 0.05) is 29.4 Å². The van der Waals surface area contributed by atoms with E-state index in [9.17, 15) is 25.0 Å². The zero-order valence-electron chi connectivity index (χ0n) is 18.8. The lowest BCUT2D eigenvalue weighted by Gasteiger charge is -2.50. The summed E-state index contributed by atoms with van der Waals surface area (Å²) in [5.41, 5.74) is 5.39. The molecule has 0 aliphatic heterocycles. The van der Waals surface area contributed by atoms with Gasteiger partial charge in [0.05, 0.1) is 21.3 Å². The number of nitrogens with zero attached hydrogens (tertiary/aromatic N) is 2. The second kappa shape index (κ2) is 8.13. The molecule has 176 valence electrons. The second-order valence-electron chi connectivity index (χ2n) is 8.93. The van der Waals surface area contributed by atoms with Crippen LogP contribution in [0.25, 0.3) is 0 Å². The van der Waals surface area contributed by atoms with E-state index in [1.807, 2.05) is 36.4 Å². The Labute approximate surface area is 210 Å². The Morgan fingerprint density at radius 2 is 1.14 bits per heavy atom. The lowest BCUT2D eigenvalue weighted by Crippen LogP contribution is -2.44. The summed E-state index contributed by atoms with van der Waals surface area (Å²) in [6.45, 7) is 0. The third-order valence-electron chi connectivity index (χ3n) is 7.17. The van der Waals surface area contributed by atoms with E-state index < -0.39 is 31.8 Å². The molecule has 7 rings (SSSR count). The minimum atomic E-state index is -0.724. The van der Waals surface area contributed by atoms with Crippen LogP contribution in [0.4, 0.5) is 11.4 Å². The number of rotatable bonds is 5. The van der Waals surface area contributed by atoms with Crippen LogP contribution in [0, 0.1) is 20.2 Å². The van der Waals surface area contributed by atoms with Crippen LogP contribution in [0.1, 0.15) is 49.7 Å². The summed E-state index contributed by atoms with van der Waals surface area (Å²) in [7, 11) is 0. The van der Waals surface area contributed by atoms with Gasteiger partial charge >= 0.3 is 0 Å². The van der Waals surface area contributed by atoms with Crippen molar-refractivity contribution in [3.8, 4) is 0 Å². The quantitative estimate of drug-likeness (QED) is 0.241. The number of nitro benzene ring substituents is 2. The molecule has 36 heavy (non-hydrogen) atoms. The number of carbonyl (C=O) groups excluding carboxylic acids is 1. The summed E-state index contributed by atoms with van der Waals surface area (Å²) in [5, 5.41) is 22.2. The first kappa shape index (κ1) is 22.2. The fourth-order valence-corrected chi connectivity index (χ4v) is 6.86. The van der Waals surface area contributed by atoms with Crippen molar-refractivity contribution in [2.45, 2.75) is 11.3 Å². The molecule has 0 saturated heterocycles. The van der Waals surface area contributed by atoms with Gasteiger partial charge in [0.25, 0.3) is 11.4 Å². The summed E-state index contributed by atoms with van der Waals surface area (Å²) in [5.74, 6) is 0.454. The molecule has 4 aromatic carbocycles. The normalized spacial score (nSPS) is 18.6. The van der Waals surface area contributed by atoms with Gasteiger partial charge in [0.15, 0.2) is 0 Å². The van der Waals surface area contributed by atoms with Crippen LogP contribution in [0.5, 0.6) is 0 Å². The summed E-state index contributed by atoms with van der Waals surface area (Å²) < 4.78 is 0. The molecule has 0 spiro atoms. The van der Waals surface area contributed by atoms with Gasteiger partial charge in [-0.1, -0.05) is 84.6 Å². The van der Waals surface area contributed by atoms with Gasteiger partial charge in [-0.15, -0.1) is 0 Å². The molecule has 4 aromatic rings. The highest BCUT2D eigenvalue weighted by molar-refractivity contribution is 8.14.